The number of aryl methyl sites for hydroxylation is 1. The summed E-state index contributed by atoms with van der Waals surface area (Å²) >= 11 is 0. The highest BCUT2D eigenvalue weighted by Gasteiger charge is 2.26. The van der Waals surface area contributed by atoms with Crippen LogP contribution in [0.5, 0.6) is 0 Å². The molecule has 0 aromatic carbocycles. The van der Waals surface area contributed by atoms with E-state index in [1.165, 1.54) is 13.3 Å². The van der Waals surface area contributed by atoms with Crippen LogP contribution in [0.25, 0.3) is 11.1 Å². The monoisotopic (exact) mass is 320 g/mol. The summed E-state index contributed by atoms with van der Waals surface area (Å²) in [6, 6.07) is 1.61. The van der Waals surface area contributed by atoms with Gasteiger partial charge in [-0.1, -0.05) is 25.9 Å². The van der Waals surface area contributed by atoms with Crippen molar-refractivity contribution in [2.75, 3.05) is 7.11 Å². The van der Waals surface area contributed by atoms with Crippen LogP contribution in [0.1, 0.15) is 43.2 Å². The van der Waals surface area contributed by atoms with Crippen LogP contribution >= 0.6 is 0 Å². The molecule has 0 aliphatic carbocycles. The number of ether oxygens (including phenoxy) is 2. The van der Waals surface area contributed by atoms with Gasteiger partial charge in [0.2, 0.25) is 0 Å². The summed E-state index contributed by atoms with van der Waals surface area (Å²) in [6.07, 6.45) is 1.46. The van der Waals surface area contributed by atoms with Crippen LogP contribution in [0, 0.1) is 5.92 Å². The zero-order valence-electron chi connectivity index (χ0n) is 13.7. The molecule has 23 heavy (non-hydrogen) atoms. The van der Waals surface area contributed by atoms with Crippen molar-refractivity contribution in [2.45, 2.75) is 39.7 Å². The standard InChI is InChI=1S/C16H20N2O5/c1-5-12-11-7-10(8-17-14(11)23-18-12)15(19)22-13(6-9(2)3)16(20)21-4/h7-9,13H,5-6H2,1-4H3. The smallest absolute Gasteiger partial charge is 0.347 e. The van der Waals surface area contributed by atoms with Gasteiger partial charge in [-0.2, -0.15) is 0 Å². The average molecular weight is 320 g/mol. The van der Waals surface area contributed by atoms with E-state index in [1.807, 2.05) is 20.8 Å². The second kappa shape index (κ2) is 7.21. The molecule has 7 nitrogen and oxygen atoms in total. The maximum absolute atomic E-state index is 12.3. The van der Waals surface area contributed by atoms with E-state index < -0.39 is 18.0 Å². The van der Waals surface area contributed by atoms with Gasteiger partial charge in [0.15, 0.2) is 6.10 Å². The molecule has 2 aromatic heterocycles. The number of pyridine rings is 1. The van der Waals surface area contributed by atoms with Gasteiger partial charge < -0.3 is 14.0 Å². The highest BCUT2D eigenvalue weighted by Crippen LogP contribution is 2.19. The van der Waals surface area contributed by atoms with Gasteiger partial charge in [0.05, 0.1) is 23.8 Å². The van der Waals surface area contributed by atoms with E-state index >= 15 is 0 Å². The van der Waals surface area contributed by atoms with Gasteiger partial charge in [-0.05, 0) is 24.8 Å². The van der Waals surface area contributed by atoms with Crippen LogP contribution < -0.4 is 0 Å². The minimum atomic E-state index is -0.934. The first kappa shape index (κ1) is 16.9. The van der Waals surface area contributed by atoms with Crippen molar-refractivity contribution in [3.05, 3.63) is 23.5 Å². The van der Waals surface area contributed by atoms with Gasteiger partial charge in [0.25, 0.3) is 5.71 Å². The molecule has 0 aliphatic rings. The number of hydrogen-bond acceptors (Lipinski definition) is 7. The van der Waals surface area contributed by atoms with Gasteiger partial charge in [-0.3, -0.25) is 0 Å². The Labute approximate surface area is 133 Å². The Morgan fingerprint density at radius 3 is 2.70 bits per heavy atom. The number of esters is 2. The maximum atomic E-state index is 12.3. The summed E-state index contributed by atoms with van der Waals surface area (Å²) in [7, 11) is 1.27. The van der Waals surface area contributed by atoms with Gasteiger partial charge in [0.1, 0.15) is 0 Å². The van der Waals surface area contributed by atoms with E-state index in [2.05, 4.69) is 14.9 Å². The van der Waals surface area contributed by atoms with Gasteiger partial charge in [-0.15, -0.1) is 0 Å². The Bertz CT molecular complexity index is 708. The largest absolute Gasteiger partial charge is 0.466 e. The fourth-order valence-electron chi connectivity index (χ4n) is 2.20. The quantitative estimate of drug-likeness (QED) is 0.755. The number of carbonyl (C=O) groups is 2. The summed E-state index contributed by atoms with van der Waals surface area (Å²) < 4.78 is 15.1. The molecule has 0 radical (unpaired) electrons. The number of aromatic nitrogens is 2. The minimum absolute atomic E-state index is 0.178. The number of rotatable bonds is 6. The Morgan fingerprint density at radius 1 is 1.35 bits per heavy atom. The zero-order chi connectivity index (χ0) is 17.0. The molecule has 7 heteroatoms. The summed E-state index contributed by atoms with van der Waals surface area (Å²) in [5.74, 6) is -1.02. The van der Waals surface area contributed by atoms with Crippen molar-refractivity contribution < 1.29 is 23.6 Å². The van der Waals surface area contributed by atoms with Crippen molar-refractivity contribution in [1.29, 1.82) is 0 Å². The fourth-order valence-corrected chi connectivity index (χ4v) is 2.20. The lowest BCUT2D eigenvalue weighted by Gasteiger charge is -2.17. The molecule has 0 spiro atoms. The number of fused-ring (bicyclic) bond motifs is 1. The predicted octanol–water partition coefficient (Wildman–Crippen LogP) is 2.53. The fraction of sp³-hybridized carbons (Fsp3) is 0.500. The molecule has 124 valence electrons. The Balaban J connectivity index is 2.22. The lowest BCUT2D eigenvalue weighted by atomic mass is 10.1. The Hall–Kier alpha value is -2.44. The van der Waals surface area contributed by atoms with Crippen LogP contribution in [-0.4, -0.2) is 35.3 Å². The SMILES string of the molecule is CCc1noc2ncc(C(=O)OC(CC(C)C)C(=O)OC)cc12. The molecule has 1 atom stereocenters. The molecule has 0 fully saturated rings. The Morgan fingerprint density at radius 2 is 2.09 bits per heavy atom. The summed E-state index contributed by atoms with van der Waals surface area (Å²) in [5.41, 5.74) is 1.33. The molecule has 0 aliphatic heterocycles. The number of methoxy groups -OCH3 is 1. The average Bonchev–Trinajstić information content (AvgIpc) is 2.95. The van der Waals surface area contributed by atoms with E-state index in [-0.39, 0.29) is 11.5 Å². The van der Waals surface area contributed by atoms with E-state index in [1.54, 1.807) is 6.07 Å². The van der Waals surface area contributed by atoms with Crippen molar-refractivity contribution in [2.24, 2.45) is 5.92 Å². The lowest BCUT2D eigenvalue weighted by Crippen LogP contribution is -2.30. The van der Waals surface area contributed by atoms with E-state index in [9.17, 15) is 9.59 Å². The lowest BCUT2D eigenvalue weighted by molar-refractivity contribution is -0.151. The van der Waals surface area contributed by atoms with Gasteiger partial charge in [-0.25, -0.2) is 14.6 Å². The Kier molecular flexibility index (Phi) is 5.31. The molecule has 2 heterocycles. The molecule has 0 saturated heterocycles. The molecule has 0 bridgehead atoms. The maximum Gasteiger partial charge on any atom is 0.347 e. The van der Waals surface area contributed by atoms with Crippen LogP contribution in [0.4, 0.5) is 0 Å². The highest BCUT2D eigenvalue weighted by molar-refractivity contribution is 5.94. The van der Waals surface area contributed by atoms with Crippen LogP contribution in [-0.2, 0) is 20.7 Å². The second-order valence-corrected chi connectivity index (χ2v) is 5.61. The second-order valence-electron chi connectivity index (χ2n) is 5.61. The summed E-state index contributed by atoms with van der Waals surface area (Å²) in [6.45, 7) is 5.79. The number of carbonyl (C=O) groups excluding carboxylic acids is 2. The third kappa shape index (κ3) is 3.85. The van der Waals surface area contributed by atoms with Gasteiger partial charge in [0, 0.05) is 6.20 Å². The van der Waals surface area contributed by atoms with Crippen molar-refractivity contribution in [1.82, 2.24) is 10.1 Å². The van der Waals surface area contributed by atoms with Crippen molar-refractivity contribution >= 4 is 23.0 Å². The molecule has 2 aromatic rings. The molecule has 0 N–H and O–H groups in total. The molecule has 2 rings (SSSR count). The topological polar surface area (TPSA) is 91.5 Å². The minimum Gasteiger partial charge on any atom is -0.466 e. The zero-order valence-corrected chi connectivity index (χ0v) is 13.7. The normalized spacial score (nSPS) is 12.4. The molecular weight excluding hydrogens is 300 g/mol. The third-order valence-corrected chi connectivity index (χ3v) is 3.37. The first-order valence-electron chi connectivity index (χ1n) is 7.49. The first-order chi connectivity index (χ1) is 11.0. The third-order valence-electron chi connectivity index (χ3n) is 3.37. The molecule has 0 amide bonds. The molecule has 1 unspecified atom stereocenters. The van der Waals surface area contributed by atoms with Crippen LogP contribution in [0.3, 0.4) is 0 Å². The van der Waals surface area contributed by atoms with E-state index in [0.29, 0.717) is 29.6 Å². The van der Waals surface area contributed by atoms with Crippen molar-refractivity contribution in [3.8, 4) is 0 Å². The van der Waals surface area contributed by atoms with E-state index in [4.69, 9.17) is 9.26 Å². The van der Waals surface area contributed by atoms with Crippen molar-refractivity contribution in [3.63, 3.8) is 0 Å². The number of nitrogens with zero attached hydrogens (tertiary/aromatic N) is 2. The molecular formula is C16H20N2O5. The first-order valence-corrected chi connectivity index (χ1v) is 7.49. The van der Waals surface area contributed by atoms with Crippen LogP contribution in [0.2, 0.25) is 0 Å². The van der Waals surface area contributed by atoms with Gasteiger partial charge >= 0.3 is 11.9 Å². The highest BCUT2D eigenvalue weighted by atomic mass is 16.6. The number of hydrogen-bond donors (Lipinski definition) is 0. The predicted molar refractivity (Wildman–Crippen MR) is 81.9 cm³/mol. The summed E-state index contributed by atoms with van der Waals surface area (Å²) in [4.78, 5) is 28.1. The van der Waals surface area contributed by atoms with E-state index in [0.717, 1.165) is 0 Å². The summed E-state index contributed by atoms with van der Waals surface area (Å²) in [5, 5.41) is 4.56. The van der Waals surface area contributed by atoms with Crippen LogP contribution in [0.15, 0.2) is 16.8 Å². The molecule has 0 saturated carbocycles.